The van der Waals surface area contributed by atoms with Gasteiger partial charge in [-0.1, -0.05) is 36.4 Å². The molecule has 0 heterocycles. The van der Waals surface area contributed by atoms with Crippen molar-refractivity contribution in [3.05, 3.63) is 42.0 Å². The molecule has 82 valence electrons. The summed E-state index contributed by atoms with van der Waals surface area (Å²) < 4.78 is 0. The number of hydrogen-bond donors (Lipinski definition) is 1. The van der Waals surface area contributed by atoms with Gasteiger partial charge in [0.25, 0.3) is 5.91 Å². The smallest absolute Gasteiger partial charge is 0.291 e. The maximum atomic E-state index is 11.4. The monoisotopic (exact) mass is 215 g/mol. The van der Waals surface area contributed by atoms with E-state index in [0.29, 0.717) is 0 Å². The molecule has 16 heavy (non-hydrogen) atoms. The van der Waals surface area contributed by atoms with Crippen LogP contribution in [0.5, 0.6) is 0 Å². The van der Waals surface area contributed by atoms with Crippen LogP contribution in [0.1, 0.15) is 18.4 Å². The van der Waals surface area contributed by atoms with Crippen molar-refractivity contribution in [1.82, 2.24) is 5.32 Å². The van der Waals surface area contributed by atoms with Gasteiger partial charge < -0.3 is 5.32 Å². The van der Waals surface area contributed by atoms with E-state index in [9.17, 15) is 9.59 Å². The third kappa shape index (κ3) is 3.05. The van der Waals surface area contributed by atoms with Gasteiger partial charge in [-0.25, -0.2) is 0 Å². The number of hydrogen-bond acceptors (Lipinski definition) is 2. The van der Waals surface area contributed by atoms with Crippen LogP contribution in [0, 0.1) is 0 Å². The number of amides is 1. The lowest BCUT2D eigenvalue weighted by Gasteiger charge is -1.97. The lowest BCUT2D eigenvalue weighted by Crippen LogP contribution is -2.31. The molecular weight excluding hydrogens is 202 g/mol. The third-order valence-electron chi connectivity index (χ3n) is 2.36. The minimum atomic E-state index is -0.505. The van der Waals surface area contributed by atoms with Gasteiger partial charge in [-0.15, -0.1) is 0 Å². The van der Waals surface area contributed by atoms with E-state index in [1.165, 1.54) is 6.08 Å². The topological polar surface area (TPSA) is 46.2 Å². The van der Waals surface area contributed by atoms with Crippen LogP contribution in [0.25, 0.3) is 6.08 Å². The first kappa shape index (κ1) is 10.6. The standard InChI is InChI=1S/C13H13NO2/c15-12(13(16)14-11-7-8-11)9-6-10-4-2-1-3-5-10/h1-6,9,11H,7-8H2,(H,14,16)/b9-6+. The second kappa shape index (κ2) is 4.75. The molecule has 1 saturated carbocycles. The Morgan fingerprint density at radius 3 is 2.50 bits per heavy atom. The van der Waals surface area contributed by atoms with E-state index >= 15 is 0 Å². The molecule has 1 aliphatic rings. The molecule has 1 aliphatic carbocycles. The van der Waals surface area contributed by atoms with Crippen molar-refractivity contribution in [1.29, 1.82) is 0 Å². The fraction of sp³-hybridized carbons (Fsp3) is 0.231. The van der Waals surface area contributed by atoms with Crippen molar-refractivity contribution < 1.29 is 9.59 Å². The molecule has 1 N–H and O–H groups in total. The lowest BCUT2D eigenvalue weighted by atomic mass is 10.2. The minimum Gasteiger partial charge on any atom is -0.346 e. The van der Waals surface area contributed by atoms with Crippen molar-refractivity contribution in [3.8, 4) is 0 Å². The van der Waals surface area contributed by atoms with E-state index in [1.807, 2.05) is 30.3 Å². The van der Waals surface area contributed by atoms with Crippen molar-refractivity contribution in [3.63, 3.8) is 0 Å². The molecule has 2 rings (SSSR count). The molecule has 0 radical (unpaired) electrons. The molecule has 0 spiro atoms. The molecule has 3 heteroatoms. The first-order chi connectivity index (χ1) is 7.75. The second-order valence-electron chi connectivity index (χ2n) is 3.86. The minimum absolute atomic E-state index is 0.224. The van der Waals surface area contributed by atoms with Gasteiger partial charge in [0.05, 0.1) is 0 Å². The molecule has 1 fully saturated rings. The first-order valence-corrected chi connectivity index (χ1v) is 5.33. The van der Waals surface area contributed by atoms with Gasteiger partial charge in [-0.3, -0.25) is 9.59 Å². The van der Waals surface area contributed by atoms with Crippen LogP contribution in [0.2, 0.25) is 0 Å². The van der Waals surface area contributed by atoms with Gasteiger partial charge >= 0.3 is 0 Å². The second-order valence-corrected chi connectivity index (χ2v) is 3.86. The van der Waals surface area contributed by atoms with Crippen LogP contribution in [0.4, 0.5) is 0 Å². The van der Waals surface area contributed by atoms with E-state index in [4.69, 9.17) is 0 Å². The summed E-state index contributed by atoms with van der Waals surface area (Å²) in [4.78, 5) is 22.7. The van der Waals surface area contributed by atoms with Crippen LogP contribution in [0.3, 0.4) is 0 Å². The van der Waals surface area contributed by atoms with Gasteiger partial charge in [-0.2, -0.15) is 0 Å². The number of rotatable bonds is 4. The zero-order valence-corrected chi connectivity index (χ0v) is 8.85. The molecule has 0 saturated heterocycles. The molecule has 1 aromatic rings. The largest absolute Gasteiger partial charge is 0.346 e. The van der Waals surface area contributed by atoms with E-state index in [0.717, 1.165) is 18.4 Å². The normalized spacial score (nSPS) is 15.0. The summed E-state index contributed by atoms with van der Waals surface area (Å²) in [6, 6.07) is 9.65. The summed E-state index contributed by atoms with van der Waals surface area (Å²) >= 11 is 0. The highest BCUT2D eigenvalue weighted by Crippen LogP contribution is 2.18. The zero-order valence-electron chi connectivity index (χ0n) is 8.85. The van der Waals surface area contributed by atoms with Gasteiger partial charge in [0.15, 0.2) is 0 Å². The molecule has 0 unspecified atom stereocenters. The Morgan fingerprint density at radius 1 is 1.19 bits per heavy atom. The van der Waals surface area contributed by atoms with Crippen LogP contribution < -0.4 is 5.32 Å². The molecule has 0 aliphatic heterocycles. The van der Waals surface area contributed by atoms with Crippen LogP contribution >= 0.6 is 0 Å². The predicted molar refractivity (Wildman–Crippen MR) is 61.6 cm³/mol. The Balaban J connectivity index is 1.90. The van der Waals surface area contributed by atoms with Crippen LogP contribution in [-0.4, -0.2) is 17.7 Å². The maximum absolute atomic E-state index is 11.4. The van der Waals surface area contributed by atoms with E-state index < -0.39 is 11.7 Å². The fourth-order valence-corrected chi connectivity index (χ4v) is 1.30. The summed E-state index contributed by atoms with van der Waals surface area (Å²) in [5, 5.41) is 2.65. The summed E-state index contributed by atoms with van der Waals surface area (Å²) in [7, 11) is 0. The number of carbonyl (C=O) groups is 2. The van der Waals surface area contributed by atoms with Gasteiger partial charge in [0.2, 0.25) is 5.78 Å². The van der Waals surface area contributed by atoms with Crippen molar-refractivity contribution in [2.45, 2.75) is 18.9 Å². The SMILES string of the molecule is O=C(/C=C/c1ccccc1)C(=O)NC1CC1. The zero-order chi connectivity index (χ0) is 11.4. The molecule has 0 bridgehead atoms. The van der Waals surface area contributed by atoms with E-state index in [1.54, 1.807) is 6.08 Å². The molecule has 0 atom stereocenters. The molecule has 1 amide bonds. The van der Waals surface area contributed by atoms with Gasteiger partial charge in [-0.05, 0) is 24.5 Å². The van der Waals surface area contributed by atoms with Gasteiger partial charge in [0.1, 0.15) is 0 Å². The Labute approximate surface area is 94.2 Å². The Bertz CT molecular complexity index is 419. The Hall–Kier alpha value is -1.90. The molecule has 1 aromatic carbocycles. The number of nitrogens with one attached hydrogen (secondary N) is 1. The quantitative estimate of drug-likeness (QED) is 0.611. The number of benzene rings is 1. The molecule has 0 aromatic heterocycles. The van der Waals surface area contributed by atoms with Crippen LogP contribution in [0.15, 0.2) is 36.4 Å². The van der Waals surface area contributed by atoms with Crippen molar-refractivity contribution in [2.75, 3.05) is 0 Å². The average Bonchev–Trinajstić information content (AvgIpc) is 3.11. The maximum Gasteiger partial charge on any atom is 0.291 e. The van der Waals surface area contributed by atoms with E-state index in [2.05, 4.69) is 5.32 Å². The third-order valence-corrected chi connectivity index (χ3v) is 2.36. The van der Waals surface area contributed by atoms with Gasteiger partial charge in [0, 0.05) is 6.04 Å². The summed E-state index contributed by atoms with van der Waals surface area (Å²) in [6.07, 6.45) is 4.94. The number of carbonyl (C=O) groups excluding carboxylic acids is 2. The highest BCUT2D eigenvalue weighted by Gasteiger charge is 2.25. The summed E-state index contributed by atoms with van der Waals surface area (Å²) in [5.74, 6) is -0.995. The Morgan fingerprint density at radius 2 is 1.88 bits per heavy atom. The highest BCUT2D eigenvalue weighted by atomic mass is 16.2. The number of ketones is 1. The lowest BCUT2D eigenvalue weighted by molar-refractivity contribution is -0.135. The van der Waals surface area contributed by atoms with Crippen molar-refractivity contribution >= 4 is 17.8 Å². The van der Waals surface area contributed by atoms with Crippen LogP contribution in [-0.2, 0) is 9.59 Å². The Kier molecular flexibility index (Phi) is 3.15. The van der Waals surface area contributed by atoms with Crippen molar-refractivity contribution in [2.24, 2.45) is 0 Å². The summed E-state index contributed by atoms with van der Waals surface area (Å²) in [6.45, 7) is 0. The molecular formula is C13H13NO2. The average molecular weight is 215 g/mol. The first-order valence-electron chi connectivity index (χ1n) is 5.33. The van der Waals surface area contributed by atoms with E-state index in [-0.39, 0.29) is 6.04 Å². The summed E-state index contributed by atoms with van der Waals surface area (Å²) in [5.41, 5.74) is 0.912. The fourth-order valence-electron chi connectivity index (χ4n) is 1.30. The predicted octanol–water partition coefficient (Wildman–Crippen LogP) is 1.55. The molecule has 3 nitrogen and oxygen atoms in total. The highest BCUT2D eigenvalue weighted by molar-refractivity contribution is 6.41.